The minimum Gasteiger partial charge on any atom is -0.319 e. The fraction of sp³-hybridized carbons (Fsp3) is 0.150. The van der Waals surface area contributed by atoms with Crippen molar-refractivity contribution >= 4 is 28.1 Å². The number of nitrogens with zero attached hydrogens (tertiary/aromatic N) is 3. The average Bonchev–Trinajstić information content (AvgIpc) is 3.05. The van der Waals surface area contributed by atoms with Crippen LogP contribution >= 0.6 is 0 Å². The van der Waals surface area contributed by atoms with E-state index in [1.54, 1.807) is 31.3 Å². The number of fused-ring (bicyclic) bond motifs is 2. The van der Waals surface area contributed by atoms with Crippen molar-refractivity contribution in [2.24, 2.45) is 0 Å². The minimum atomic E-state index is -4.52. The smallest absolute Gasteiger partial charge is 0.319 e. The Morgan fingerprint density at radius 2 is 1.93 bits per heavy atom. The predicted molar refractivity (Wildman–Crippen MR) is 99.3 cm³/mol. The molecule has 0 aliphatic carbocycles. The van der Waals surface area contributed by atoms with Gasteiger partial charge in [0.2, 0.25) is 0 Å². The van der Waals surface area contributed by atoms with Gasteiger partial charge in [-0.25, -0.2) is 4.98 Å². The van der Waals surface area contributed by atoms with E-state index in [-0.39, 0.29) is 11.3 Å². The molecule has 3 heterocycles. The normalized spacial score (nSPS) is 11.9. The number of anilines is 1. The van der Waals surface area contributed by atoms with Crippen molar-refractivity contribution in [1.82, 2.24) is 14.4 Å². The molecule has 0 unspecified atom stereocenters. The molecule has 0 atom stereocenters. The minimum absolute atomic E-state index is 0.0801. The second-order valence-electron chi connectivity index (χ2n) is 6.24. The van der Waals surface area contributed by atoms with E-state index in [2.05, 4.69) is 15.3 Å². The van der Waals surface area contributed by atoms with Crippen LogP contribution in [0.15, 0.2) is 54.9 Å². The summed E-state index contributed by atoms with van der Waals surface area (Å²) in [6.07, 6.45) is -1.60. The van der Waals surface area contributed by atoms with Crippen LogP contribution in [0.25, 0.3) is 16.6 Å². The molecule has 5 nitrogen and oxygen atoms in total. The molecule has 3 aromatic heterocycles. The second-order valence-corrected chi connectivity index (χ2v) is 6.24. The number of rotatable bonds is 3. The number of halogens is 3. The highest BCUT2D eigenvalue weighted by molar-refractivity contribution is 6.08. The first kappa shape index (κ1) is 18.0. The van der Waals surface area contributed by atoms with E-state index < -0.39 is 17.6 Å². The van der Waals surface area contributed by atoms with Crippen molar-refractivity contribution in [2.45, 2.75) is 19.5 Å². The fourth-order valence-electron chi connectivity index (χ4n) is 3.13. The first-order valence-corrected chi connectivity index (χ1v) is 8.61. The Hall–Kier alpha value is -3.42. The van der Waals surface area contributed by atoms with Crippen LogP contribution in [0.1, 0.15) is 28.7 Å². The zero-order chi connectivity index (χ0) is 19.9. The number of amides is 1. The van der Waals surface area contributed by atoms with Crippen LogP contribution in [0.2, 0.25) is 0 Å². The molecule has 142 valence electrons. The summed E-state index contributed by atoms with van der Waals surface area (Å²) in [5.74, 6) is -0.540. The molecule has 28 heavy (non-hydrogen) atoms. The number of aryl methyl sites for hydroxylation is 1. The molecule has 0 fully saturated rings. The molecule has 0 spiro atoms. The van der Waals surface area contributed by atoms with Crippen LogP contribution in [0.4, 0.5) is 18.9 Å². The summed E-state index contributed by atoms with van der Waals surface area (Å²) in [7, 11) is 0. The highest BCUT2D eigenvalue weighted by Gasteiger charge is 2.32. The molecule has 0 aliphatic rings. The summed E-state index contributed by atoms with van der Waals surface area (Å²) in [5.41, 5.74) is 1.02. The largest absolute Gasteiger partial charge is 0.417 e. The Balaban J connectivity index is 1.82. The van der Waals surface area contributed by atoms with E-state index in [0.29, 0.717) is 23.3 Å². The van der Waals surface area contributed by atoms with E-state index in [1.807, 2.05) is 12.1 Å². The maximum atomic E-state index is 13.1. The van der Waals surface area contributed by atoms with Gasteiger partial charge in [0.1, 0.15) is 11.3 Å². The standard InChI is InChI=1S/C20H15F3N4O/c1-2-14-18(27-11-13(20(21,22)23)8-9-16(27)25-14)19(28)26-15-7-3-5-12-6-4-10-24-17(12)15/h3-11H,2H2,1H3,(H,26,28). The molecule has 0 radical (unpaired) electrons. The van der Waals surface area contributed by atoms with Gasteiger partial charge in [0.25, 0.3) is 5.91 Å². The van der Waals surface area contributed by atoms with Crippen molar-refractivity contribution in [1.29, 1.82) is 0 Å². The lowest BCUT2D eigenvalue weighted by Crippen LogP contribution is -2.17. The number of hydrogen-bond donors (Lipinski definition) is 1. The zero-order valence-corrected chi connectivity index (χ0v) is 14.8. The van der Waals surface area contributed by atoms with Gasteiger partial charge >= 0.3 is 6.18 Å². The third-order valence-electron chi connectivity index (χ3n) is 4.45. The summed E-state index contributed by atoms with van der Waals surface area (Å²) < 4.78 is 40.5. The van der Waals surface area contributed by atoms with Gasteiger partial charge in [-0.2, -0.15) is 13.2 Å². The SMILES string of the molecule is CCc1nc2ccc(C(F)(F)F)cn2c1C(=O)Nc1cccc2cccnc12. The van der Waals surface area contributed by atoms with Crippen LogP contribution in [-0.4, -0.2) is 20.3 Å². The molecule has 0 saturated heterocycles. The number of nitrogens with one attached hydrogen (secondary N) is 1. The topological polar surface area (TPSA) is 59.3 Å². The van der Waals surface area contributed by atoms with Crippen LogP contribution in [0.5, 0.6) is 0 Å². The Labute approximate surface area is 157 Å². The summed E-state index contributed by atoms with van der Waals surface area (Å²) in [6.45, 7) is 1.79. The molecule has 4 rings (SSSR count). The lowest BCUT2D eigenvalue weighted by atomic mass is 10.2. The zero-order valence-electron chi connectivity index (χ0n) is 14.8. The Kier molecular flexibility index (Phi) is 4.26. The Morgan fingerprint density at radius 1 is 1.14 bits per heavy atom. The third kappa shape index (κ3) is 3.06. The van der Waals surface area contributed by atoms with Gasteiger partial charge in [-0.3, -0.25) is 14.2 Å². The quantitative estimate of drug-likeness (QED) is 0.556. The molecule has 0 aliphatic heterocycles. The van der Waals surface area contributed by atoms with Gasteiger partial charge in [0.15, 0.2) is 0 Å². The van der Waals surface area contributed by atoms with Crippen molar-refractivity contribution in [3.63, 3.8) is 0 Å². The van der Waals surface area contributed by atoms with E-state index >= 15 is 0 Å². The molecule has 0 saturated carbocycles. The number of alkyl halides is 3. The van der Waals surface area contributed by atoms with Gasteiger partial charge in [-0.05, 0) is 30.7 Å². The summed E-state index contributed by atoms with van der Waals surface area (Å²) in [5, 5.41) is 3.61. The first-order chi connectivity index (χ1) is 13.4. The molecule has 0 bridgehead atoms. The van der Waals surface area contributed by atoms with E-state index in [4.69, 9.17) is 0 Å². The van der Waals surface area contributed by atoms with E-state index in [9.17, 15) is 18.0 Å². The number of imidazole rings is 1. The van der Waals surface area contributed by atoms with Crippen molar-refractivity contribution in [3.05, 3.63) is 71.8 Å². The van der Waals surface area contributed by atoms with Gasteiger partial charge in [-0.15, -0.1) is 0 Å². The van der Waals surface area contributed by atoms with Gasteiger partial charge in [0, 0.05) is 17.8 Å². The number of carbonyl (C=O) groups excluding carboxylic acids is 1. The molecular weight excluding hydrogens is 369 g/mol. The van der Waals surface area contributed by atoms with Crippen LogP contribution in [0.3, 0.4) is 0 Å². The van der Waals surface area contributed by atoms with Gasteiger partial charge in [-0.1, -0.05) is 25.1 Å². The molecule has 1 aromatic carbocycles. The molecule has 8 heteroatoms. The number of pyridine rings is 2. The summed E-state index contributed by atoms with van der Waals surface area (Å²) in [4.78, 5) is 21.6. The highest BCUT2D eigenvalue weighted by Crippen LogP contribution is 2.30. The van der Waals surface area contributed by atoms with Crippen molar-refractivity contribution in [2.75, 3.05) is 5.32 Å². The molecule has 4 aromatic rings. The fourth-order valence-corrected chi connectivity index (χ4v) is 3.13. The summed E-state index contributed by atoms with van der Waals surface area (Å²) in [6, 6.07) is 11.2. The Bertz CT molecular complexity index is 1190. The number of para-hydroxylation sites is 1. The monoisotopic (exact) mass is 384 g/mol. The van der Waals surface area contributed by atoms with Gasteiger partial charge < -0.3 is 5.32 Å². The highest BCUT2D eigenvalue weighted by atomic mass is 19.4. The number of aromatic nitrogens is 3. The van der Waals surface area contributed by atoms with E-state index in [0.717, 1.165) is 17.6 Å². The second kappa shape index (κ2) is 6.63. The van der Waals surface area contributed by atoms with E-state index in [1.165, 1.54) is 10.5 Å². The molecular formula is C20H15F3N4O. The van der Waals surface area contributed by atoms with Gasteiger partial charge in [0.05, 0.1) is 22.5 Å². The lowest BCUT2D eigenvalue weighted by molar-refractivity contribution is -0.137. The predicted octanol–water partition coefficient (Wildman–Crippen LogP) is 4.72. The number of carbonyl (C=O) groups is 1. The lowest BCUT2D eigenvalue weighted by Gasteiger charge is -2.10. The summed E-state index contributed by atoms with van der Waals surface area (Å²) >= 11 is 0. The van der Waals surface area contributed by atoms with Crippen molar-refractivity contribution in [3.8, 4) is 0 Å². The van der Waals surface area contributed by atoms with Crippen LogP contribution in [-0.2, 0) is 12.6 Å². The van der Waals surface area contributed by atoms with Crippen LogP contribution in [0, 0.1) is 0 Å². The molecule has 1 N–H and O–H groups in total. The maximum Gasteiger partial charge on any atom is 0.417 e. The first-order valence-electron chi connectivity index (χ1n) is 8.61. The van der Waals surface area contributed by atoms with Crippen LogP contribution < -0.4 is 5.32 Å². The number of hydrogen-bond acceptors (Lipinski definition) is 3. The third-order valence-corrected chi connectivity index (χ3v) is 4.45. The maximum absolute atomic E-state index is 13.1. The Morgan fingerprint density at radius 3 is 2.68 bits per heavy atom. The average molecular weight is 384 g/mol. The number of benzene rings is 1. The van der Waals surface area contributed by atoms with Crippen molar-refractivity contribution < 1.29 is 18.0 Å². The molecule has 1 amide bonds.